The summed E-state index contributed by atoms with van der Waals surface area (Å²) in [6, 6.07) is 10.4. The zero-order valence-electron chi connectivity index (χ0n) is 15.4. The Kier molecular flexibility index (Phi) is 6.34. The van der Waals surface area contributed by atoms with Crippen LogP contribution >= 0.6 is 11.3 Å². The topological polar surface area (TPSA) is 81.7 Å². The lowest BCUT2D eigenvalue weighted by atomic mass is 10.0. The molecule has 6 nitrogen and oxygen atoms in total. The summed E-state index contributed by atoms with van der Waals surface area (Å²) in [6.07, 6.45) is 1.54. The third-order valence-corrected chi connectivity index (χ3v) is 5.86. The highest BCUT2D eigenvalue weighted by Crippen LogP contribution is 2.22. The van der Waals surface area contributed by atoms with Crippen LogP contribution in [0.15, 0.2) is 35.7 Å². The van der Waals surface area contributed by atoms with Gasteiger partial charge in [-0.2, -0.15) is 0 Å². The first-order valence-corrected chi connectivity index (χ1v) is 10.1. The van der Waals surface area contributed by atoms with Crippen LogP contribution in [0.2, 0.25) is 0 Å². The molecule has 0 spiro atoms. The Morgan fingerprint density at radius 2 is 1.89 bits per heavy atom. The first-order valence-electron chi connectivity index (χ1n) is 9.18. The average molecular weight is 388 g/mol. The van der Waals surface area contributed by atoms with E-state index in [9.17, 15) is 9.59 Å². The summed E-state index contributed by atoms with van der Waals surface area (Å²) in [6.45, 7) is 3.94. The van der Waals surface area contributed by atoms with Crippen molar-refractivity contribution in [3.05, 3.63) is 51.7 Å². The van der Waals surface area contributed by atoms with Gasteiger partial charge in [-0.15, -0.1) is 11.3 Å². The molecule has 27 heavy (non-hydrogen) atoms. The summed E-state index contributed by atoms with van der Waals surface area (Å²) in [5, 5.41) is 16.5. The third-order valence-electron chi connectivity index (χ3n) is 4.85. The van der Waals surface area contributed by atoms with Crippen LogP contribution in [0.4, 0.5) is 10.5 Å². The minimum atomic E-state index is -0.993. The third kappa shape index (κ3) is 5.23. The number of thiophene rings is 1. The van der Waals surface area contributed by atoms with Gasteiger partial charge in [0.2, 0.25) is 0 Å². The molecule has 2 aromatic rings. The summed E-state index contributed by atoms with van der Waals surface area (Å²) >= 11 is 1.52. The summed E-state index contributed by atoms with van der Waals surface area (Å²) in [7, 11) is 0. The minimum absolute atomic E-state index is 0.153. The molecule has 0 aliphatic carbocycles. The van der Waals surface area contributed by atoms with E-state index in [4.69, 9.17) is 5.11 Å². The Labute approximate surface area is 163 Å². The van der Waals surface area contributed by atoms with Gasteiger partial charge in [-0.05, 0) is 60.9 Å². The highest BCUT2D eigenvalue weighted by molar-refractivity contribution is 7.12. The maximum atomic E-state index is 12.6. The second-order valence-corrected chi connectivity index (χ2v) is 7.74. The zero-order chi connectivity index (χ0) is 19.2. The van der Waals surface area contributed by atoms with E-state index in [0.717, 1.165) is 47.6 Å². The van der Waals surface area contributed by atoms with Crippen molar-refractivity contribution >= 4 is 29.0 Å². The Morgan fingerprint density at radius 3 is 2.48 bits per heavy atom. The van der Waals surface area contributed by atoms with Crippen LogP contribution in [0, 0.1) is 6.92 Å². The van der Waals surface area contributed by atoms with E-state index < -0.39 is 6.09 Å². The lowest BCUT2D eigenvalue weighted by Crippen LogP contribution is -2.42. The van der Waals surface area contributed by atoms with Crippen molar-refractivity contribution in [3.63, 3.8) is 0 Å². The largest absolute Gasteiger partial charge is 0.465 e. The summed E-state index contributed by atoms with van der Waals surface area (Å²) < 4.78 is 0. The number of hydrogen-bond acceptors (Lipinski definition) is 4. The standard InChI is InChI=1S/C20H25N3O3S/c1-14-9-13-27-18(14)19(24)23-11-7-17(8-12-23)22-16-4-2-15(3-5-16)6-10-21-20(25)26/h2-5,9,13,17,21-22H,6-8,10-12H2,1H3,(H,25,26). The van der Waals surface area contributed by atoms with Crippen LogP contribution in [0.3, 0.4) is 0 Å². The molecule has 0 radical (unpaired) electrons. The number of likely N-dealkylation sites (tertiary alicyclic amines) is 1. The maximum Gasteiger partial charge on any atom is 0.404 e. The van der Waals surface area contributed by atoms with Crippen LogP contribution in [-0.2, 0) is 6.42 Å². The fraction of sp³-hybridized carbons (Fsp3) is 0.400. The van der Waals surface area contributed by atoms with Crippen molar-refractivity contribution < 1.29 is 14.7 Å². The molecule has 1 aliphatic heterocycles. The van der Waals surface area contributed by atoms with Crippen molar-refractivity contribution in [1.82, 2.24) is 10.2 Å². The highest BCUT2D eigenvalue weighted by Gasteiger charge is 2.25. The van der Waals surface area contributed by atoms with Crippen LogP contribution in [0.5, 0.6) is 0 Å². The second-order valence-electron chi connectivity index (χ2n) is 6.82. The first kappa shape index (κ1) is 19.2. The monoisotopic (exact) mass is 387 g/mol. The molecule has 3 rings (SSSR count). The average Bonchev–Trinajstić information content (AvgIpc) is 3.09. The number of rotatable bonds is 6. The molecule has 3 N–H and O–H groups in total. The molecule has 1 aliphatic rings. The first-order chi connectivity index (χ1) is 13.0. The molecular weight excluding hydrogens is 362 g/mol. The van der Waals surface area contributed by atoms with Crippen molar-refractivity contribution in [2.24, 2.45) is 0 Å². The lowest BCUT2D eigenvalue weighted by molar-refractivity contribution is 0.0722. The van der Waals surface area contributed by atoms with Crippen LogP contribution in [-0.4, -0.2) is 47.7 Å². The van der Waals surface area contributed by atoms with E-state index in [1.165, 1.54) is 11.3 Å². The van der Waals surface area contributed by atoms with Gasteiger partial charge in [0, 0.05) is 31.4 Å². The van der Waals surface area contributed by atoms with E-state index >= 15 is 0 Å². The molecule has 0 unspecified atom stereocenters. The van der Waals surface area contributed by atoms with Gasteiger partial charge in [0.15, 0.2) is 0 Å². The number of carbonyl (C=O) groups is 2. The van der Waals surface area contributed by atoms with E-state index in [2.05, 4.69) is 10.6 Å². The molecule has 2 heterocycles. The number of benzene rings is 1. The van der Waals surface area contributed by atoms with Gasteiger partial charge in [0.1, 0.15) is 0 Å². The van der Waals surface area contributed by atoms with Crippen LogP contribution in [0.1, 0.15) is 33.6 Å². The van der Waals surface area contributed by atoms with Crippen LogP contribution < -0.4 is 10.6 Å². The Balaban J connectivity index is 1.45. The molecule has 0 bridgehead atoms. The van der Waals surface area contributed by atoms with Crippen molar-refractivity contribution in [3.8, 4) is 0 Å². The molecule has 1 aromatic heterocycles. The summed E-state index contributed by atoms with van der Waals surface area (Å²) in [4.78, 5) is 25.9. The number of amides is 2. The number of anilines is 1. The predicted molar refractivity (Wildman–Crippen MR) is 108 cm³/mol. The lowest BCUT2D eigenvalue weighted by Gasteiger charge is -2.33. The number of carboxylic acid groups (broad SMARTS) is 1. The Morgan fingerprint density at radius 1 is 1.19 bits per heavy atom. The molecule has 7 heteroatoms. The molecule has 144 valence electrons. The molecule has 0 saturated carbocycles. The second kappa shape index (κ2) is 8.90. The SMILES string of the molecule is Cc1ccsc1C(=O)N1CCC(Nc2ccc(CCNC(=O)O)cc2)CC1. The molecule has 1 aromatic carbocycles. The molecule has 2 amide bonds. The van der Waals surface area contributed by atoms with Gasteiger partial charge < -0.3 is 20.6 Å². The van der Waals surface area contributed by atoms with E-state index in [1.807, 2.05) is 47.5 Å². The number of nitrogens with one attached hydrogen (secondary N) is 2. The predicted octanol–water partition coefficient (Wildman–Crippen LogP) is 3.58. The van der Waals surface area contributed by atoms with Crippen LogP contribution in [0.25, 0.3) is 0 Å². The van der Waals surface area contributed by atoms with E-state index in [1.54, 1.807) is 0 Å². The quantitative estimate of drug-likeness (QED) is 0.708. The molecule has 0 atom stereocenters. The maximum absolute atomic E-state index is 12.6. The van der Waals surface area contributed by atoms with E-state index in [-0.39, 0.29) is 5.91 Å². The zero-order valence-corrected chi connectivity index (χ0v) is 16.2. The van der Waals surface area contributed by atoms with Gasteiger partial charge >= 0.3 is 6.09 Å². The fourth-order valence-corrected chi connectivity index (χ4v) is 4.17. The number of aryl methyl sites for hydroxylation is 1. The molecular formula is C20H25N3O3S. The number of hydrogen-bond donors (Lipinski definition) is 3. The van der Waals surface area contributed by atoms with Crippen molar-refractivity contribution in [1.29, 1.82) is 0 Å². The molecule has 1 saturated heterocycles. The van der Waals surface area contributed by atoms with Gasteiger partial charge in [0.25, 0.3) is 5.91 Å². The van der Waals surface area contributed by atoms with Gasteiger partial charge in [0.05, 0.1) is 4.88 Å². The highest BCUT2D eigenvalue weighted by atomic mass is 32.1. The fourth-order valence-electron chi connectivity index (χ4n) is 3.28. The molecule has 1 fully saturated rings. The van der Waals surface area contributed by atoms with Crippen molar-refractivity contribution in [2.75, 3.05) is 25.0 Å². The van der Waals surface area contributed by atoms with Crippen molar-refractivity contribution in [2.45, 2.75) is 32.2 Å². The summed E-state index contributed by atoms with van der Waals surface area (Å²) in [5.41, 5.74) is 3.22. The van der Waals surface area contributed by atoms with E-state index in [0.29, 0.717) is 19.0 Å². The van der Waals surface area contributed by atoms with Gasteiger partial charge in [-0.3, -0.25) is 4.79 Å². The van der Waals surface area contributed by atoms with Gasteiger partial charge in [-0.1, -0.05) is 12.1 Å². The Bertz CT molecular complexity index is 780. The number of piperidine rings is 1. The number of carbonyl (C=O) groups excluding carboxylic acids is 1. The minimum Gasteiger partial charge on any atom is -0.465 e. The Hall–Kier alpha value is -2.54. The van der Waals surface area contributed by atoms with Gasteiger partial charge in [-0.25, -0.2) is 4.79 Å². The smallest absolute Gasteiger partial charge is 0.404 e. The normalized spacial score (nSPS) is 14.8. The number of nitrogens with zero attached hydrogens (tertiary/aromatic N) is 1. The summed E-state index contributed by atoms with van der Waals surface area (Å²) in [5.74, 6) is 0.153.